The summed E-state index contributed by atoms with van der Waals surface area (Å²) >= 11 is 0. The molecule has 1 heterocycles. The van der Waals surface area contributed by atoms with Gasteiger partial charge in [-0.1, -0.05) is 34.6 Å². The maximum atomic E-state index is 12.9. The van der Waals surface area contributed by atoms with Gasteiger partial charge in [0.15, 0.2) is 0 Å². The van der Waals surface area contributed by atoms with Gasteiger partial charge in [0.1, 0.15) is 6.04 Å². The van der Waals surface area contributed by atoms with Crippen LogP contribution in [0.1, 0.15) is 41.0 Å². The molecule has 0 radical (unpaired) electrons. The Labute approximate surface area is 127 Å². The fourth-order valence-electron chi connectivity index (χ4n) is 3.68. The average molecular weight is 296 g/mol. The predicted octanol–water partition coefficient (Wildman–Crippen LogP) is 2.26. The SMILES string of the molecule is COC(=O)NC(C(=O)N1CC2CC2C1C(C)(C)C)C(C)C. The second-order valence-electron chi connectivity index (χ2n) is 7.82. The van der Waals surface area contributed by atoms with Crippen molar-refractivity contribution in [3.05, 3.63) is 0 Å². The van der Waals surface area contributed by atoms with E-state index in [1.807, 2.05) is 18.7 Å². The van der Waals surface area contributed by atoms with E-state index < -0.39 is 12.1 Å². The van der Waals surface area contributed by atoms with E-state index in [1.54, 1.807) is 0 Å². The molecule has 21 heavy (non-hydrogen) atoms. The number of methoxy groups -OCH3 is 1. The molecule has 0 aromatic rings. The number of ether oxygens (including phenoxy) is 1. The van der Waals surface area contributed by atoms with Gasteiger partial charge in [-0.3, -0.25) is 4.79 Å². The number of carbonyl (C=O) groups excluding carboxylic acids is 2. The minimum Gasteiger partial charge on any atom is -0.453 e. The number of hydrogen-bond donors (Lipinski definition) is 1. The van der Waals surface area contributed by atoms with Crippen molar-refractivity contribution in [3.8, 4) is 0 Å². The van der Waals surface area contributed by atoms with Gasteiger partial charge in [0.25, 0.3) is 0 Å². The Balaban J connectivity index is 2.15. The summed E-state index contributed by atoms with van der Waals surface area (Å²) in [6.07, 6.45) is 0.696. The molecule has 4 unspecified atom stereocenters. The molecule has 120 valence electrons. The van der Waals surface area contributed by atoms with E-state index in [-0.39, 0.29) is 23.3 Å². The van der Waals surface area contributed by atoms with Crippen LogP contribution in [0.4, 0.5) is 4.79 Å². The van der Waals surface area contributed by atoms with E-state index in [0.29, 0.717) is 11.8 Å². The lowest BCUT2D eigenvalue weighted by Crippen LogP contribution is -2.55. The van der Waals surface area contributed by atoms with Crippen molar-refractivity contribution in [2.45, 2.75) is 53.1 Å². The lowest BCUT2D eigenvalue weighted by atomic mass is 9.83. The van der Waals surface area contributed by atoms with E-state index in [2.05, 4.69) is 30.8 Å². The molecule has 0 spiro atoms. The number of nitrogens with zero attached hydrogens (tertiary/aromatic N) is 1. The van der Waals surface area contributed by atoms with Gasteiger partial charge in [0.05, 0.1) is 7.11 Å². The van der Waals surface area contributed by atoms with Crippen molar-refractivity contribution in [1.82, 2.24) is 10.2 Å². The highest BCUT2D eigenvalue weighted by atomic mass is 16.5. The molecule has 5 nitrogen and oxygen atoms in total. The summed E-state index contributed by atoms with van der Waals surface area (Å²) < 4.78 is 4.65. The fourth-order valence-corrected chi connectivity index (χ4v) is 3.68. The Bertz CT molecular complexity index is 428. The van der Waals surface area contributed by atoms with Gasteiger partial charge in [-0.05, 0) is 29.6 Å². The van der Waals surface area contributed by atoms with Gasteiger partial charge in [0.2, 0.25) is 5.91 Å². The normalized spacial score (nSPS) is 29.1. The molecule has 1 saturated heterocycles. The molecule has 2 amide bonds. The summed E-state index contributed by atoms with van der Waals surface area (Å²) in [5, 5.41) is 2.69. The molecule has 1 aliphatic carbocycles. The molecule has 5 heteroatoms. The Morgan fingerprint density at radius 3 is 2.38 bits per heavy atom. The van der Waals surface area contributed by atoms with Gasteiger partial charge in [-0.2, -0.15) is 0 Å². The largest absolute Gasteiger partial charge is 0.453 e. The first-order chi connectivity index (χ1) is 9.66. The van der Waals surface area contributed by atoms with E-state index in [4.69, 9.17) is 0 Å². The predicted molar refractivity (Wildman–Crippen MR) is 80.7 cm³/mol. The zero-order valence-electron chi connectivity index (χ0n) is 14.0. The van der Waals surface area contributed by atoms with Crippen LogP contribution in [-0.4, -0.2) is 42.6 Å². The van der Waals surface area contributed by atoms with Gasteiger partial charge < -0.3 is 15.0 Å². The summed E-state index contributed by atoms with van der Waals surface area (Å²) in [5.74, 6) is 1.36. The van der Waals surface area contributed by atoms with E-state index in [0.717, 1.165) is 6.54 Å². The minimum atomic E-state index is -0.543. The number of fused-ring (bicyclic) bond motifs is 1. The maximum absolute atomic E-state index is 12.9. The molecule has 2 fully saturated rings. The van der Waals surface area contributed by atoms with E-state index in [9.17, 15) is 9.59 Å². The molecule has 2 rings (SSSR count). The fraction of sp³-hybridized carbons (Fsp3) is 0.875. The number of carbonyl (C=O) groups is 2. The average Bonchev–Trinajstić information content (AvgIpc) is 3.02. The Hall–Kier alpha value is -1.26. The van der Waals surface area contributed by atoms with Crippen LogP contribution in [0.3, 0.4) is 0 Å². The maximum Gasteiger partial charge on any atom is 0.407 e. The van der Waals surface area contributed by atoms with E-state index in [1.165, 1.54) is 13.5 Å². The highest BCUT2D eigenvalue weighted by Crippen LogP contribution is 2.54. The smallest absolute Gasteiger partial charge is 0.407 e. The van der Waals surface area contributed by atoms with Crippen molar-refractivity contribution in [2.75, 3.05) is 13.7 Å². The zero-order chi connectivity index (χ0) is 15.9. The Morgan fingerprint density at radius 2 is 1.90 bits per heavy atom. The monoisotopic (exact) mass is 296 g/mol. The van der Waals surface area contributed by atoms with Crippen LogP contribution in [0.5, 0.6) is 0 Å². The van der Waals surface area contributed by atoms with Crippen LogP contribution < -0.4 is 5.32 Å². The summed E-state index contributed by atoms with van der Waals surface area (Å²) in [5.41, 5.74) is 0.0678. The lowest BCUT2D eigenvalue weighted by molar-refractivity contribution is -0.138. The number of piperidine rings is 1. The zero-order valence-corrected chi connectivity index (χ0v) is 14.0. The highest BCUT2D eigenvalue weighted by Gasteiger charge is 2.58. The Morgan fingerprint density at radius 1 is 1.29 bits per heavy atom. The van der Waals surface area contributed by atoms with Gasteiger partial charge in [-0.15, -0.1) is 0 Å². The number of amides is 2. The van der Waals surface area contributed by atoms with Crippen LogP contribution >= 0.6 is 0 Å². The molecule has 0 aromatic heterocycles. The topological polar surface area (TPSA) is 58.6 Å². The van der Waals surface area contributed by atoms with Crippen molar-refractivity contribution < 1.29 is 14.3 Å². The van der Waals surface area contributed by atoms with E-state index >= 15 is 0 Å². The second kappa shape index (κ2) is 5.50. The number of alkyl carbamates (subject to hydrolysis) is 1. The van der Waals surface area contributed by atoms with Crippen molar-refractivity contribution in [3.63, 3.8) is 0 Å². The third-order valence-electron chi connectivity index (χ3n) is 4.71. The molecule has 1 N–H and O–H groups in total. The number of hydrogen-bond acceptors (Lipinski definition) is 3. The third kappa shape index (κ3) is 3.16. The summed E-state index contributed by atoms with van der Waals surface area (Å²) in [6, 6.07) is -0.240. The quantitative estimate of drug-likeness (QED) is 0.869. The molecular weight excluding hydrogens is 268 g/mol. The van der Waals surface area contributed by atoms with Crippen molar-refractivity contribution in [2.24, 2.45) is 23.2 Å². The molecular formula is C16H28N2O3. The first-order valence-corrected chi connectivity index (χ1v) is 7.81. The summed E-state index contributed by atoms with van der Waals surface area (Å²) in [7, 11) is 1.32. The second-order valence-corrected chi connectivity index (χ2v) is 7.82. The van der Waals surface area contributed by atoms with Crippen molar-refractivity contribution >= 4 is 12.0 Å². The number of rotatable bonds is 3. The molecule has 0 aromatic carbocycles. The summed E-state index contributed by atoms with van der Waals surface area (Å²) in [4.78, 5) is 26.4. The molecule has 1 aliphatic heterocycles. The molecule has 1 saturated carbocycles. The molecule has 0 bridgehead atoms. The number of likely N-dealkylation sites (tertiary alicyclic amines) is 1. The highest BCUT2D eigenvalue weighted by molar-refractivity contribution is 5.86. The molecule has 2 aliphatic rings. The Kier molecular flexibility index (Phi) is 4.22. The van der Waals surface area contributed by atoms with Gasteiger partial charge in [-0.25, -0.2) is 4.79 Å². The van der Waals surface area contributed by atoms with Crippen LogP contribution in [-0.2, 0) is 9.53 Å². The first-order valence-electron chi connectivity index (χ1n) is 7.81. The van der Waals surface area contributed by atoms with Crippen LogP contribution in [0.15, 0.2) is 0 Å². The van der Waals surface area contributed by atoms with Crippen molar-refractivity contribution in [1.29, 1.82) is 0 Å². The van der Waals surface area contributed by atoms with Gasteiger partial charge >= 0.3 is 6.09 Å². The third-order valence-corrected chi connectivity index (χ3v) is 4.71. The summed E-state index contributed by atoms with van der Waals surface area (Å²) in [6.45, 7) is 11.3. The van der Waals surface area contributed by atoms with Crippen LogP contribution in [0.2, 0.25) is 0 Å². The van der Waals surface area contributed by atoms with Gasteiger partial charge in [0, 0.05) is 12.6 Å². The van der Waals surface area contributed by atoms with Crippen LogP contribution in [0.25, 0.3) is 0 Å². The van der Waals surface area contributed by atoms with Crippen LogP contribution in [0, 0.1) is 23.2 Å². The number of nitrogens with one attached hydrogen (secondary N) is 1. The standard InChI is InChI=1S/C16H28N2O3/c1-9(2)12(17-15(20)21-6)14(19)18-8-10-7-11(10)13(18)16(3,4)5/h9-13H,7-8H2,1-6H3,(H,17,20). The minimum absolute atomic E-state index is 0.0301. The molecule has 4 atom stereocenters. The first kappa shape index (κ1) is 16.1. The lowest BCUT2D eigenvalue weighted by Gasteiger charge is -2.39.